The first-order valence-electron chi connectivity index (χ1n) is 7.98. The summed E-state index contributed by atoms with van der Waals surface area (Å²) in [5.74, 6) is 0.186. The quantitative estimate of drug-likeness (QED) is 0.795. The second-order valence-corrected chi connectivity index (χ2v) is 6.81. The van der Waals surface area contributed by atoms with Gasteiger partial charge in [0, 0.05) is 12.5 Å². The fraction of sp³-hybridized carbons (Fsp3) is 0.556. The Labute approximate surface area is 142 Å². The molecule has 1 heterocycles. The van der Waals surface area contributed by atoms with Gasteiger partial charge >= 0.3 is 12.1 Å². The second-order valence-electron chi connectivity index (χ2n) is 6.81. The van der Waals surface area contributed by atoms with Gasteiger partial charge in [0.15, 0.2) is 0 Å². The molecule has 0 spiro atoms. The number of rotatable bonds is 3. The van der Waals surface area contributed by atoms with Crippen LogP contribution >= 0.6 is 0 Å². The summed E-state index contributed by atoms with van der Waals surface area (Å²) in [6.45, 7) is 5.85. The Morgan fingerprint density at radius 3 is 2.25 bits per heavy atom. The van der Waals surface area contributed by atoms with Crippen LogP contribution in [0.4, 0.5) is 4.79 Å². The summed E-state index contributed by atoms with van der Waals surface area (Å²) in [7, 11) is 2.94. The molecule has 1 saturated heterocycles. The molecule has 1 aromatic rings. The first-order chi connectivity index (χ1) is 11.3. The van der Waals surface area contributed by atoms with Gasteiger partial charge in [0.2, 0.25) is 0 Å². The number of likely N-dealkylation sites (tertiary alicyclic amines) is 1. The molecule has 1 amide bonds. The minimum absolute atomic E-state index is 0.129. The number of amides is 1. The second kappa shape index (κ2) is 7.11. The van der Waals surface area contributed by atoms with E-state index in [2.05, 4.69) is 0 Å². The van der Waals surface area contributed by atoms with E-state index in [0.717, 1.165) is 11.3 Å². The van der Waals surface area contributed by atoms with Crippen LogP contribution in [0.3, 0.4) is 0 Å². The third-order valence-electron chi connectivity index (χ3n) is 4.01. The molecule has 1 aliphatic heterocycles. The highest BCUT2D eigenvalue weighted by molar-refractivity contribution is 5.83. The van der Waals surface area contributed by atoms with E-state index in [4.69, 9.17) is 14.2 Å². The number of hydrogen-bond donors (Lipinski definition) is 0. The minimum atomic E-state index is -0.682. The maximum Gasteiger partial charge on any atom is 0.411 e. The van der Waals surface area contributed by atoms with Gasteiger partial charge in [-0.1, -0.05) is 12.1 Å². The fourth-order valence-corrected chi connectivity index (χ4v) is 2.93. The number of carbonyl (C=O) groups excluding carboxylic acids is 2. The van der Waals surface area contributed by atoms with Crippen LogP contribution in [-0.2, 0) is 14.3 Å². The maximum absolute atomic E-state index is 12.4. The van der Waals surface area contributed by atoms with Gasteiger partial charge in [-0.05, 0) is 44.9 Å². The summed E-state index contributed by atoms with van der Waals surface area (Å²) < 4.78 is 15.5. The number of methoxy groups -OCH3 is 2. The Balaban J connectivity index is 2.25. The molecular weight excluding hydrogens is 310 g/mol. The van der Waals surface area contributed by atoms with Gasteiger partial charge in [-0.3, -0.25) is 4.90 Å². The Hall–Kier alpha value is -2.24. The van der Waals surface area contributed by atoms with Crippen molar-refractivity contribution in [2.45, 2.75) is 44.8 Å². The van der Waals surface area contributed by atoms with Crippen molar-refractivity contribution in [3.8, 4) is 5.75 Å². The van der Waals surface area contributed by atoms with E-state index in [-0.39, 0.29) is 5.92 Å². The van der Waals surface area contributed by atoms with E-state index in [1.807, 2.05) is 24.3 Å². The van der Waals surface area contributed by atoms with Crippen molar-refractivity contribution in [2.75, 3.05) is 20.8 Å². The summed E-state index contributed by atoms with van der Waals surface area (Å²) >= 11 is 0. The van der Waals surface area contributed by atoms with E-state index >= 15 is 0 Å². The summed E-state index contributed by atoms with van der Waals surface area (Å²) in [4.78, 5) is 26.2. The summed E-state index contributed by atoms with van der Waals surface area (Å²) in [6.07, 6.45) is 0.180. The third-order valence-corrected chi connectivity index (χ3v) is 4.01. The van der Waals surface area contributed by atoms with Crippen molar-refractivity contribution in [2.24, 2.45) is 0 Å². The van der Waals surface area contributed by atoms with Crippen LogP contribution in [0.1, 0.15) is 38.7 Å². The standard InChI is InChI=1S/C18H25NO5/c1-18(2,3)24-17(21)19-11-10-14(15(19)16(20)23-5)12-6-8-13(22-4)9-7-12/h6-9,14-15H,10-11H2,1-5H3/t14-,15-/m0/s1. The molecule has 2 atom stereocenters. The zero-order valence-electron chi connectivity index (χ0n) is 14.9. The van der Waals surface area contributed by atoms with Crippen LogP contribution in [0.25, 0.3) is 0 Å². The van der Waals surface area contributed by atoms with Crippen LogP contribution in [0, 0.1) is 0 Å². The molecule has 0 N–H and O–H groups in total. The van der Waals surface area contributed by atoms with Crippen molar-refractivity contribution < 1.29 is 23.8 Å². The average Bonchev–Trinajstić information content (AvgIpc) is 2.97. The lowest BCUT2D eigenvalue weighted by Gasteiger charge is -2.29. The van der Waals surface area contributed by atoms with Gasteiger partial charge in [-0.15, -0.1) is 0 Å². The normalized spacial score (nSPS) is 20.6. The first-order valence-corrected chi connectivity index (χ1v) is 7.98. The van der Waals surface area contributed by atoms with Gasteiger partial charge in [0.1, 0.15) is 17.4 Å². The molecule has 1 aliphatic rings. The summed E-state index contributed by atoms with van der Waals surface area (Å²) in [5, 5.41) is 0. The number of hydrogen-bond acceptors (Lipinski definition) is 5. The van der Waals surface area contributed by atoms with Crippen LogP contribution in [0.5, 0.6) is 5.75 Å². The van der Waals surface area contributed by atoms with Crippen molar-refractivity contribution in [3.63, 3.8) is 0 Å². The molecule has 1 aromatic carbocycles. The van der Waals surface area contributed by atoms with Crippen LogP contribution in [-0.4, -0.2) is 49.4 Å². The molecule has 0 aromatic heterocycles. The molecule has 0 saturated carbocycles. The lowest BCUT2D eigenvalue weighted by molar-refractivity contribution is -0.146. The molecule has 0 bridgehead atoms. The van der Waals surface area contributed by atoms with Crippen molar-refractivity contribution in [1.82, 2.24) is 4.90 Å². The topological polar surface area (TPSA) is 65.1 Å². The van der Waals surface area contributed by atoms with Crippen LogP contribution in [0.2, 0.25) is 0 Å². The monoisotopic (exact) mass is 335 g/mol. The van der Waals surface area contributed by atoms with Gasteiger partial charge in [0.05, 0.1) is 14.2 Å². The Bertz CT molecular complexity index is 590. The van der Waals surface area contributed by atoms with Gasteiger partial charge in [-0.25, -0.2) is 9.59 Å². The van der Waals surface area contributed by atoms with E-state index in [1.54, 1.807) is 27.9 Å². The molecular formula is C18H25NO5. The SMILES string of the molecule is COC(=O)[C@@H]1[C@H](c2ccc(OC)cc2)CCN1C(=O)OC(C)(C)C. The third kappa shape index (κ3) is 3.99. The predicted octanol–water partition coefficient (Wildman–Crippen LogP) is 2.96. The van der Waals surface area contributed by atoms with Crippen LogP contribution < -0.4 is 4.74 Å². The molecule has 1 fully saturated rings. The summed E-state index contributed by atoms with van der Waals surface area (Å²) in [5.41, 5.74) is 0.355. The maximum atomic E-state index is 12.4. The van der Waals surface area contributed by atoms with Gasteiger partial charge in [-0.2, -0.15) is 0 Å². The number of benzene rings is 1. The molecule has 2 rings (SSSR count). The van der Waals surface area contributed by atoms with Crippen molar-refractivity contribution in [1.29, 1.82) is 0 Å². The first kappa shape index (κ1) is 18.1. The highest BCUT2D eigenvalue weighted by atomic mass is 16.6. The van der Waals surface area contributed by atoms with Gasteiger partial charge in [0.25, 0.3) is 0 Å². The molecule has 132 valence electrons. The summed E-state index contributed by atoms with van der Waals surface area (Å²) in [6, 6.07) is 6.84. The molecule has 24 heavy (non-hydrogen) atoms. The number of ether oxygens (including phenoxy) is 3. The number of carbonyl (C=O) groups is 2. The lowest BCUT2D eigenvalue weighted by Crippen LogP contribution is -2.45. The molecule has 6 nitrogen and oxygen atoms in total. The Morgan fingerprint density at radius 1 is 1.12 bits per heavy atom. The van der Waals surface area contributed by atoms with E-state index in [1.165, 1.54) is 12.0 Å². The Kier molecular flexibility index (Phi) is 5.36. The van der Waals surface area contributed by atoms with E-state index < -0.39 is 23.7 Å². The minimum Gasteiger partial charge on any atom is -0.497 e. The highest BCUT2D eigenvalue weighted by Gasteiger charge is 2.44. The van der Waals surface area contributed by atoms with Crippen molar-refractivity contribution >= 4 is 12.1 Å². The number of esters is 1. The lowest BCUT2D eigenvalue weighted by atomic mass is 9.91. The molecule has 0 aliphatic carbocycles. The highest BCUT2D eigenvalue weighted by Crippen LogP contribution is 2.35. The Morgan fingerprint density at radius 2 is 1.75 bits per heavy atom. The zero-order chi connectivity index (χ0) is 17.9. The molecule has 0 unspecified atom stereocenters. The van der Waals surface area contributed by atoms with Crippen LogP contribution in [0.15, 0.2) is 24.3 Å². The van der Waals surface area contributed by atoms with Crippen molar-refractivity contribution in [3.05, 3.63) is 29.8 Å². The fourth-order valence-electron chi connectivity index (χ4n) is 2.93. The van der Waals surface area contributed by atoms with Gasteiger partial charge < -0.3 is 14.2 Å². The van der Waals surface area contributed by atoms with E-state index in [9.17, 15) is 9.59 Å². The molecule has 0 radical (unpaired) electrons. The molecule has 6 heteroatoms. The largest absolute Gasteiger partial charge is 0.497 e. The predicted molar refractivity (Wildman–Crippen MR) is 89.1 cm³/mol. The number of nitrogens with zero attached hydrogens (tertiary/aromatic N) is 1. The average molecular weight is 335 g/mol. The zero-order valence-corrected chi connectivity index (χ0v) is 14.9. The van der Waals surface area contributed by atoms with E-state index in [0.29, 0.717) is 13.0 Å². The smallest absolute Gasteiger partial charge is 0.411 e.